The standard InChI is InChI=1S/C57H69N9O11S2/c1-33(39-23-22-38-17-9-10-18-40(38)30-39)48-55(74)60-43(19-11-12-26-58)51(70)66-49(34(2)67)56(75)63-45(29-37-20-24-41(68)25-21-37)53(72)64-47(57(76)77)32-79-78-31-42(59)50(69)61-44(27-35-13-5-3-6-14-35)52(71)62-46(54(73)65-48)28-36-15-7-4-8-16-36/h3-10,13-18,20-25,30,33-34,42-49,67-68H,11-12,19,26-29,31-32,58-59H2,1-2H3,(H,60,74)(H,61,69)(H,62,71)(H,63,75)(H,64,72)(H,65,73)(H,66,70)(H,76,77)/t33-,34-,42-,43+,44-,45+,46+,47+,48+,49-/m1/s1. The zero-order valence-electron chi connectivity index (χ0n) is 43.8. The number of aliphatic hydroxyl groups excluding tert-OH is 1. The predicted octanol–water partition coefficient (Wildman–Crippen LogP) is 2.09. The first-order chi connectivity index (χ1) is 37.9. The van der Waals surface area contributed by atoms with Gasteiger partial charge >= 0.3 is 5.97 Å². The van der Waals surface area contributed by atoms with Gasteiger partial charge in [-0.05, 0) is 77.9 Å². The Morgan fingerprint density at radius 1 is 0.544 bits per heavy atom. The Bertz CT molecular complexity index is 2890. The lowest BCUT2D eigenvalue weighted by atomic mass is 9.90. The van der Waals surface area contributed by atoms with E-state index in [1.807, 2.05) is 42.5 Å². The second kappa shape index (κ2) is 30.0. The summed E-state index contributed by atoms with van der Waals surface area (Å²) in [4.78, 5) is 114. The Labute approximate surface area is 466 Å². The highest BCUT2D eigenvalue weighted by Crippen LogP contribution is 2.26. The van der Waals surface area contributed by atoms with Crippen LogP contribution in [0, 0.1) is 0 Å². The van der Waals surface area contributed by atoms with Crippen LogP contribution in [-0.4, -0.2) is 135 Å². The van der Waals surface area contributed by atoms with Gasteiger partial charge < -0.3 is 64.0 Å². The van der Waals surface area contributed by atoms with Gasteiger partial charge in [0.25, 0.3) is 0 Å². The van der Waals surface area contributed by atoms with E-state index in [-0.39, 0.29) is 49.5 Å². The third kappa shape index (κ3) is 18.3. The van der Waals surface area contributed by atoms with Crippen LogP contribution in [0.2, 0.25) is 0 Å². The van der Waals surface area contributed by atoms with E-state index in [0.717, 1.165) is 32.4 Å². The third-order valence-corrected chi connectivity index (χ3v) is 15.8. The summed E-state index contributed by atoms with van der Waals surface area (Å²) < 4.78 is 0. The lowest BCUT2D eigenvalue weighted by Crippen LogP contribution is -2.62. The summed E-state index contributed by atoms with van der Waals surface area (Å²) in [7, 11) is 2.03. The van der Waals surface area contributed by atoms with Crippen molar-refractivity contribution in [2.45, 2.75) is 113 Å². The van der Waals surface area contributed by atoms with E-state index in [1.165, 1.54) is 31.2 Å². The number of carbonyl (C=O) groups excluding carboxylic acids is 7. The van der Waals surface area contributed by atoms with Gasteiger partial charge in [-0.3, -0.25) is 33.6 Å². The molecule has 1 aliphatic rings. The number of rotatable bonds is 14. The fraction of sp³-hybridized carbons (Fsp3) is 0.368. The van der Waals surface area contributed by atoms with E-state index in [9.17, 15) is 44.1 Å². The van der Waals surface area contributed by atoms with Crippen molar-refractivity contribution in [1.82, 2.24) is 37.2 Å². The van der Waals surface area contributed by atoms with Crippen molar-refractivity contribution in [3.05, 3.63) is 150 Å². The normalized spacial score (nSPS) is 23.6. The number of phenolic OH excluding ortho intramolecular Hbond substituents is 1. The summed E-state index contributed by atoms with van der Waals surface area (Å²) >= 11 is 0. The van der Waals surface area contributed by atoms with Gasteiger partial charge in [-0.1, -0.05) is 144 Å². The van der Waals surface area contributed by atoms with Gasteiger partial charge in [0, 0.05) is 36.7 Å². The van der Waals surface area contributed by atoms with Crippen molar-refractivity contribution in [1.29, 1.82) is 0 Å². The molecule has 7 amide bonds. The third-order valence-electron chi connectivity index (χ3n) is 13.4. The van der Waals surface area contributed by atoms with Crippen molar-refractivity contribution >= 4 is 79.7 Å². The number of phenols is 1. The van der Waals surface area contributed by atoms with Crippen LogP contribution in [0.3, 0.4) is 0 Å². The molecule has 22 heteroatoms. The SMILES string of the molecule is C[C@H](c1ccc2ccccc2c1)[C@@H]1NC(=O)[C@H](Cc2ccccc2)NC(=O)[C@@H](Cc2ccccc2)NC(=O)[C@H](N)CSSC[C@@H](C(=O)O)NC(=O)[C@H](Cc2ccc(O)cc2)NC(=O)[C@@H]([C@@H](C)O)NC(=O)[C@H](CCCCN)NC1=O. The largest absolute Gasteiger partial charge is 0.508 e. The van der Waals surface area contributed by atoms with Crippen LogP contribution in [-0.2, 0) is 57.6 Å². The molecule has 79 heavy (non-hydrogen) atoms. The maximum Gasteiger partial charge on any atom is 0.327 e. The summed E-state index contributed by atoms with van der Waals surface area (Å²) in [5.74, 6) is -8.57. The highest BCUT2D eigenvalue weighted by molar-refractivity contribution is 8.76. The second-order valence-electron chi connectivity index (χ2n) is 19.5. The Kier molecular flexibility index (Phi) is 23.1. The van der Waals surface area contributed by atoms with Crippen molar-refractivity contribution in [3.63, 3.8) is 0 Å². The fourth-order valence-corrected chi connectivity index (χ4v) is 11.1. The highest BCUT2D eigenvalue weighted by atomic mass is 33.1. The predicted molar refractivity (Wildman–Crippen MR) is 303 cm³/mol. The van der Waals surface area contributed by atoms with Crippen molar-refractivity contribution in [2.24, 2.45) is 11.5 Å². The lowest BCUT2D eigenvalue weighted by molar-refractivity contribution is -0.141. The summed E-state index contributed by atoms with van der Waals surface area (Å²) in [5.41, 5.74) is 14.6. The molecule has 10 atom stereocenters. The molecule has 0 radical (unpaired) electrons. The molecule has 6 rings (SSSR count). The van der Waals surface area contributed by atoms with E-state index in [1.54, 1.807) is 67.6 Å². The van der Waals surface area contributed by atoms with Crippen LogP contribution in [0.15, 0.2) is 127 Å². The molecular formula is C57H69N9O11S2. The monoisotopic (exact) mass is 1120 g/mol. The number of fused-ring (bicyclic) bond motifs is 1. The van der Waals surface area contributed by atoms with Crippen molar-refractivity contribution in [2.75, 3.05) is 18.1 Å². The summed E-state index contributed by atoms with van der Waals surface area (Å²) in [5, 5.41) is 51.9. The zero-order chi connectivity index (χ0) is 57.0. The van der Waals surface area contributed by atoms with Gasteiger partial charge in [0.2, 0.25) is 41.4 Å². The van der Waals surface area contributed by atoms with E-state index in [2.05, 4.69) is 37.2 Å². The van der Waals surface area contributed by atoms with Gasteiger partial charge in [-0.2, -0.15) is 0 Å². The molecule has 20 nitrogen and oxygen atoms in total. The Balaban J connectivity index is 1.42. The number of nitrogens with one attached hydrogen (secondary N) is 7. The molecule has 0 unspecified atom stereocenters. The molecule has 1 saturated heterocycles. The van der Waals surface area contributed by atoms with Gasteiger partial charge in [0.05, 0.1) is 12.1 Å². The van der Waals surface area contributed by atoms with Gasteiger partial charge in [-0.25, -0.2) is 4.79 Å². The highest BCUT2D eigenvalue weighted by Gasteiger charge is 2.38. The van der Waals surface area contributed by atoms with Crippen LogP contribution in [0.5, 0.6) is 5.75 Å². The Morgan fingerprint density at radius 3 is 1.59 bits per heavy atom. The molecule has 1 fully saturated rings. The van der Waals surface area contributed by atoms with Crippen LogP contribution >= 0.6 is 21.6 Å². The minimum absolute atomic E-state index is 0.0163. The van der Waals surface area contributed by atoms with Crippen LogP contribution in [0.4, 0.5) is 0 Å². The van der Waals surface area contributed by atoms with E-state index >= 15 is 9.59 Å². The molecule has 1 heterocycles. The average molecular weight is 1120 g/mol. The van der Waals surface area contributed by atoms with E-state index in [0.29, 0.717) is 35.1 Å². The number of unbranched alkanes of at least 4 members (excludes halogenated alkanes) is 1. The lowest BCUT2D eigenvalue weighted by Gasteiger charge is -2.31. The number of hydrogen-bond donors (Lipinski definition) is 12. The molecule has 420 valence electrons. The number of nitrogens with two attached hydrogens (primary N) is 2. The van der Waals surface area contributed by atoms with Crippen LogP contribution < -0.4 is 48.7 Å². The molecule has 5 aromatic rings. The average Bonchev–Trinajstić information content (AvgIpc) is 3.44. The maximum atomic E-state index is 15.1. The number of amides is 7. The van der Waals surface area contributed by atoms with E-state index in [4.69, 9.17) is 11.5 Å². The van der Waals surface area contributed by atoms with Crippen LogP contribution in [0.25, 0.3) is 10.8 Å². The topological polar surface area (TPSA) is 333 Å². The minimum atomic E-state index is -1.74. The summed E-state index contributed by atoms with van der Waals surface area (Å²) in [6.45, 7) is 3.20. The quantitative estimate of drug-likeness (QED) is 0.0560. The number of aromatic hydroxyl groups is 1. The number of aliphatic carboxylic acids is 1. The molecule has 1 aliphatic heterocycles. The molecule has 0 saturated carbocycles. The number of carboxylic acid groups (broad SMARTS) is 1. The van der Waals surface area contributed by atoms with Crippen molar-refractivity contribution in [3.8, 4) is 5.75 Å². The number of benzene rings is 5. The van der Waals surface area contributed by atoms with Gasteiger partial charge in [0.1, 0.15) is 48.0 Å². The first-order valence-electron chi connectivity index (χ1n) is 26.0. The Hall–Kier alpha value is -7.50. The maximum absolute atomic E-state index is 15.1. The number of carbonyl (C=O) groups is 8. The first-order valence-corrected chi connectivity index (χ1v) is 28.5. The molecule has 0 spiro atoms. The fourth-order valence-electron chi connectivity index (χ4n) is 8.81. The van der Waals surface area contributed by atoms with E-state index < -0.39 is 108 Å². The zero-order valence-corrected chi connectivity index (χ0v) is 45.5. The van der Waals surface area contributed by atoms with Crippen LogP contribution in [0.1, 0.15) is 61.3 Å². The number of carboxylic acids is 1. The second-order valence-corrected chi connectivity index (χ2v) is 22.0. The Morgan fingerprint density at radius 2 is 1.01 bits per heavy atom. The first kappa shape index (κ1) is 60.7. The number of hydrogen-bond acceptors (Lipinski definition) is 14. The molecule has 0 aliphatic carbocycles. The molecule has 0 aromatic heterocycles. The van der Waals surface area contributed by atoms with Gasteiger partial charge in [0.15, 0.2) is 0 Å². The number of aliphatic hydroxyl groups is 1. The molecule has 14 N–H and O–H groups in total. The smallest absolute Gasteiger partial charge is 0.327 e. The molecule has 0 bridgehead atoms. The van der Waals surface area contributed by atoms with Gasteiger partial charge in [-0.15, -0.1) is 0 Å². The minimum Gasteiger partial charge on any atom is -0.508 e. The van der Waals surface area contributed by atoms with Crippen molar-refractivity contribution < 1.29 is 53.7 Å². The summed E-state index contributed by atoms with van der Waals surface area (Å²) in [6, 6.07) is 25.1. The summed E-state index contributed by atoms with van der Waals surface area (Å²) in [6.07, 6.45) is -1.18. The molecule has 5 aromatic carbocycles. The molecular weight excluding hydrogens is 1050 g/mol.